The summed E-state index contributed by atoms with van der Waals surface area (Å²) in [6.45, 7) is 4.36. The van der Waals surface area contributed by atoms with Gasteiger partial charge in [-0.3, -0.25) is 14.2 Å². The Labute approximate surface area is 174 Å². The number of para-hydroxylation sites is 1. The predicted octanol–water partition coefficient (Wildman–Crippen LogP) is 3.46. The van der Waals surface area contributed by atoms with E-state index in [2.05, 4.69) is 10.3 Å². The molecule has 0 radical (unpaired) electrons. The topological polar surface area (TPSA) is 73.2 Å². The molecule has 1 N–H and O–H groups in total. The van der Waals surface area contributed by atoms with Crippen LogP contribution in [0, 0.1) is 0 Å². The van der Waals surface area contributed by atoms with Gasteiger partial charge in [-0.25, -0.2) is 4.98 Å². The van der Waals surface area contributed by atoms with Gasteiger partial charge in [-0.2, -0.15) is 0 Å². The minimum atomic E-state index is -0.115. The minimum Gasteiger partial charge on any atom is -0.497 e. The molecule has 1 aromatic heterocycles. The Morgan fingerprint density at radius 3 is 2.62 bits per heavy atom. The van der Waals surface area contributed by atoms with Crippen LogP contribution in [0.25, 0.3) is 10.9 Å². The number of nitrogens with one attached hydrogen (secondary N) is 1. The highest BCUT2D eigenvalue weighted by Gasteiger charge is 2.14. The van der Waals surface area contributed by atoms with Gasteiger partial charge in [0, 0.05) is 6.04 Å². The van der Waals surface area contributed by atoms with Crippen LogP contribution in [-0.2, 0) is 11.3 Å². The molecule has 0 aliphatic heterocycles. The first-order valence-corrected chi connectivity index (χ1v) is 10.5. The van der Waals surface area contributed by atoms with Gasteiger partial charge in [-0.05, 0) is 43.2 Å². The molecule has 0 aliphatic carbocycles. The molecular weight excluding hydrogens is 386 g/mol. The number of nitrogens with zero attached hydrogens (tertiary/aromatic N) is 2. The molecule has 0 spiro atoms. The zero-order valence-electron chi connectivity index (χ0n) is 16.8. The van der Waals surface area contributed by atoms with E-state index in [-0.39, 0.29) is 23.3 Å². The van der Waals surface area contributed by atoms with Gasteiger partial charge in [0.15, 0.2) is 5.16 Å². The average Bonchev–Trinajstić information content (AvgIpc) is 2.75. The van der Waals surface area contributed by atoms with E-state index in [0.29, 0.717) is 22.6 Å². The molecule has 6 nitrogen and oxygen atoms in total. The monoisotopic (exact) mass is 411 g/mol. The molecule has 1 amide bonds. The van der Waals surface area contributed by atoms with E-state index in [4.69, 9.17) is 4.74 Å². The number of methoxy groups -OCH3 is 1. The van der Waals surface area contributed by atoms with Crippen LogP contribution in [0.3, 0.4) is 0 Å². The molecular formula is C22H25N3O3S. The van der Waals surface area contributed by atoms with Crippen LogP contribution < -0.4 is 15.6 Å². The number of carbonyl (C=O) groups is 1. The molecule has 0 bridgehead atoms. The number of amides is 1. The number of rotatable bonds is 8. The van der Waals surface area contributed by atoms with E-state index in [1.54, 1.807) is 17.7 Å². The van der Waals surface area contributed by atoms with Gasteiger partial charge in [0.2, 0.25) is 5.91 Å². The van der Waals surface area contributed by atoms with Gasteiger partial charge in [-0.1, -0.05) is 43.0 Å². The Balaban J connectivity index is 1.92. The first kappa shape index (κ1) is 20.9. The number of benzene rings is 2. The number of hydrogen-bond donors (Lipinski definition) is 1. The van der Waals surface area contributed by atoms with E-state index in [1.807, 2.05) is 56.3 Å². The number of thioether (sulfide) groups is 1. The van der Waals surface area contributed by atoms with Gasteiger partial charge in [0.1, 0.15) is 5.75 Å². The van der Waals surface area contributed by atoms with E-state index in [0.717, 1.165) is 17.7 Å². The molecule has 7 heteroatoms. The number of carbonyl (C=O) groups excluding carboxylic acids is 1. The summed E-state index contributed by atoms with van der Waals surface area (Å²) >= 11 is 1.28. The van der Waals surface area contributed by atoms with Crippen LogP contribution in [0.15, 0.2) is 58.5 Å². The maximum atomic E-state index is 13.1. The van der Waals surface area contributed by atoms with Crippen molar-refractivity contribution in [2.75, 3.05) is 12.9 Å². The first-order valence-electron chi connectivity index (χ1n) is 9.56. The van der Waals surface area contributed by atoms with Crippen molar-refractivity contribution >= 4 is 28.6 Å². The molecule has 29 heavy (non-hydrogen) atoms. The second-order valence-corrected chi connectivity index (χ2v) is 7.76. The lowest BCUT2D eigenvalue weighted by molar-refractivity contribution is -0.119. The summed E-state index contributed by atoms with van der Waals surface area (Å²) in [6.07, 6.45) is 0.868. The van der Waals surface area contributed by atoms with Crippen LogP contribution in [-0.4, -0.2) is 34.4 Å². The number of hydrogen-bond acceptors (Lipinski definition) is 5. The molecule has 152 valence electrons. The van der Waals surface area contributed by atoms with Gasteiger partial charge < -0.3 is 10.1 Å². The third kappa shape index (κ3) is 5.17. The van der Waals surface area contributed by atoms with Crippen molar-refractivity contribution in [2.24, 2.45) is 0 Å². The molecule has 3 rings (SSSR count). The third-order valence-electron chi connectivity index (χ3n) is 4.68. The highest BCUT2D eigenvalue weighted by molar-refractivity contribution is 7.99. The lowest BCUT2D eigenvalue weighted by Crippen LogP contribution is -2.33. The Morgan fingerprint density at radius 2 is 1.93 bits per heavy atom. The van der Waals surface area contributed by atoms with E-state index >= 15 is 0 Å². The minimum absolute atomic E-state index is 0.0669. The number of aromatic nitrogens is 2. The van der Waals surface area contributed by atoms with Gasteiger partial charge in [0.25, 0.3) is 5.56 Å². The van der Waals surface area contributed by atoms with Crippen LogP contribution in [0.5, 0.6) is 5.75 Å². The molecule has 1 unspecified atom stereocenters. The predicted molar refractivity (Wildman–Crippen MR) is 117 cm³/mol. The van der Waals surface area contributed by atoms with Crippen LogP contribution in [0.2, 0.25) is 0 Å². The molecule has 0 aliphatic rings. The molecule has 0 saturated carbocycles. The van der Waals surface area contributed by atoms with Crippen LogP contribution in [0.4, 0.5) is 0 Å². The summed E-state index contributed by atoms with van der Waals surface area (Å²) in [5.41, 5.74) is 1.47. The Hall–Kier alpha value is -2.80. The lowest BCUT2D eigenvalue weighted by Gasteiger charge is -2.14. The summed E-state index contributed by atoms with van der Waals surface area (Å²) in [6, 6.07) is 15.0. The lowest BCUT2D eigenvalue weighted by atomic mass is 10.2. The molecule has 2 aromatic carbocycles. The van der Waals surface area contributed by atoms with Crippen molar-refractivity contribution in [3.05, 3.63) is 64.4 Å². The van der Waals surface area contributed by atoms with Crippen molar-refractivity contribution in [2.45, 2.75) is 38.0 Å². The van der Waals surface area contributed by atoms with Crippen LogP contribution >= 0.6 is 11.8 Å². The average molecular weight is 412 g/mol. The smallest absolute Gasteiger partial charge is 0.262 e. The maximum absolute atomic E-state index is 13.1. The second-order valence-electron chi connectivity index (χ2n) is 6.82. The summed E-state index contributed by atoms with van der Waals surface area (Å²) in [7, 11) is 1.62. The largest absolute Gasteiger partial charge is 0.497 e. The fraction of sp³-hybridized carbons (Fsp3) is 0.318. The third-order valence-corrected chi connectivity index (χ3v) is 5.65. The maximum Gasteiger partial charge on any atom is 0.262 e. The van der Waals surface area contributed by atoms with E-state index in [1.165, 1.54) is 11.8 Å². The van der Waals surface area contributed by atoms with E-state index in [9.17, 15) is 9.59 Å². The van der Waals surface area contributed by atoms with Crippen LogP contribution in [0.1, 0.15) is 25.8 Å². The van der Waals surface area contributed by atoms with Gasteiger partial charge >= 0.3 is 0 Å². The van der Waals surface area contributed by atoms with Crippen molar-refractivity contribution in [3.63, 3.8) is 0 Å². The zero-order chi connectivity index (χ0) is 20.8. The number of ether oxygens (including phenoxy) is 1. The number of fused-ring (bicyclic) bond motifs is 1. The second kappa shape index (κ2) is 9.60. The summed E-state index contributed by atoms with van der Waals surface area (Å²) < 4.78 is 6.83. The quantitative estimate of drug-likeness (QED) is 0.454. The Kier molecular flexibility index (Phi) is 6.93. The summed E-state index contributed by atoms with van der Waals surface area (Å²) in [4.78, 5) is 30.0. The van der Waals surface area contributed by atoms with E-state index < -0.39 is 0 Å². The van der Waals surface area contributed by atoms with Crippen molar-refractivity contribution in [1.29, 1.82) is 0 Å². The summed E-state index contributed by atoms with van der Waals surface area (Å²) in [5, 5.41) is 4.04. The van der Waals surface area contributed by atoms with Crippen molar-refractivity contribution in [1.82, 2.24) is 14.9 Å². The molecule has 1 atom stereocenters. The molecule has 0 fully saturated rings. The first-order chi connectivity index (χ1) is 14.0. The highest BCUT2D eigenvalue weighted by Crippen LogP contribution is 2.20. The van der Waals surface area contributed by atoms with Gasteiger partial charge in [0.05, 0.1) is 30.3 Å². The fourth-order valence-corrected chi connectivity index (χ4v) is 3.67. The Bertz CT molecular complexity index is 1050. The Morgan fingerprint density at radius 1 is 1.21 bits per heavy atom. The molecule has 3 aromatic rings. The highest BCUT2D eigenvalue weighted by atomic mass is 32.2. The summed E-state index contributed by atoms with van der Waals surface area (Å²) in [5.74, 6) is 0.898. The van der Waals surface area contributed by atoms with Crippen molar-refractivity contribution in [3.8, 4) is 5.75 Å². The van der Waals surface area contributed by atoms with Gasteiger partial charge in [-0.15, -0.1) is 0 Å². The molecule has 1 heterocycles. The van der Waals surface area contributed by atoms with Crippen molar-refractivity contribution < 1.29 is 9.53 Å². The fourth-order valence-electron chi connectivity index (χ4n) is 2.86. The SMILES string of the molecule is CCC(C)NC(=O)CSc1nc2ccccc2c(=O)n1Cc1ccc(OC)cc1. The zero-order valence-corrected chi connectivity index (χ0v) is 17.7. The molecule has 0 saturated heterocycles. The standard InChI is InChI=1S/C22H25N3O3S/c1-4-15(2)23-20(26)14-29-22-24-19-8-6-5-7-18(19)21(27)25(22)13-16-9-11-17(28-3)12-10-16/h5-12,15H,4,13-14H2,1-3H3,(H,23,26). The normalized spacial score (nSPS) is 12.0.